The molecule has 0 aromatic heterocycles. The highest BCUT2D eigenvalue weighted by molar-refractivity contribution is 6.30. The molecule has 4 rings (SSSR count). The lowest BCUT2D eigenvalue weighted by Gasteiger charge is -2.09. The second-order valence-corrected chi connectivity index (χ2v) is 6.45. The molecule has 1 aromatic rings. The van der Waals surface area contributed by atoms with Gasteiger partial charge in [0.2, 0.25) is 5.91 Å². The van der Waals surface area contributed by atoms with Crippen molar-refractivity contribution < 1.29 is 4.79 Å². The molecule has 1 unspecified atom stereocenters. The van der Waals surface area contributed by atoms with E-state index in [1.165, 1.54) is 19.3 Å². The molecule has 3 saturated carbocycles. The number of carbonyl (C=O) groups excluding carboxylic acids is 1. The van der Waals surface area contributed by atoms with E-state index in [0.29, 0.717) is 16.9 Å². The maximum atomic E-state index is 12.3. The summed E-state index contributed by atoms with van der Waals surface area (Å²) in [5, 5.41) is 3.69. The molecule has 2 nitrogen and oxygen atoms in total. The van der Waals surface area contributed by atoms with Crippen molar-refractivity contribution in [2.75, 3.05) is 5.32 Å². The Morgan fingerprint density at radius 2 is 1.94 bits per heavy atom. The van der Waals surface area contributed by atoms with Gasteiger partial charge in [-0.2, -0.15) is 0 Å². The fraction of sp³-hybridized carbons (Fsp3) is 0.533. The lowest BCUT2D eigenvalue weighted by atomic mass is 10.0. The molecular formula is C15H16ClNO. The van der Waals surface area contributed by atoms with Crippen LogP contribution in [0.15, 0.2) is 24.3 Å². The second kappa shape index (κ2) is 3.74. The van der Waals surface area contributed by atoms with Crippen LogP contribution in [0.4, 0.5) is 5.69 Å². The number of anilines is 1. The number of halogens is 1. The van der Waals surface area contributed by atoms with Gasteiger partial charge in [0.1, 0.15) is 0 Å². The van der Waals surface area contributed by atoms with E-state index >= 15 is 0 Å². The molecule has 1 N–H and O–H groups in total. The highest BCUT2D eigenvalue weighted by Crippen LogP contribution is 2.69. The zero-order chi connectivity index (χ0) is 12.3. The topological polar surface area (TPSA) is 29.1 Å². The van der Waals surface area contributed by atoms with E-state index in [0.717, 1.165) is 17.5 Å². The summed E-state index contributed by atoms with van der Waals surface area (Å²) in [4.78, 5) is 12.3. The first-order valence-electron chi connectivity index (χ1n) is 6.80. The average Bonchev–Trinajstić information content (AvgIpc) is 2.79. The predicted molar refractivity (Wildman–Crippen MR) is 71.4 cm³/mol. The van der Waals surface area contributed by atoms with Gasteiger partial charge >= 0.3 is 0 Å². The average molecular weight is 262 g/mol. The minimum Gasteiger partial charge on any atom is -0.326 e. The smallest absolute Gasteiger partial charge is 0.228 e. The first-order valence-corrected chi connectivity index (χ1v) is 7.18. The van der Waals surface area contributed by atoms with Gasteiger partial charge in [-0.3, -0.25) is 4.79 Å². The Balaban J connectivity index is 1.47. The minimum absolute atomic E-state index is 0.212. The van der Waals surface area contributed by atoms with E-state index in [4.69, 9.17) is 11.6 Å². The van der Waals surface area contributed by atoms with Crippen molar-refractivity contribution >= 4 is 23.2 Å². The maximum Gasteiger partial charge on any atom is 0.228 e. The molecule has 0 saturated heterocycles. The van der Waals surface area contributed by atoms with Gasteiger partial charge in [-0.05, 0) is 61.1 Å². The summed E-state index contributed by atoms with van der Waals surface area (Å²) in [7, 11) is 0. The SMILES string of the molecule is O=C(Nc1cccc(Cl)c1)C1[C@@H]2[C@H]3CC[C@@H](C3)[C@H]12. The molecule has 1 aromatic carbocycles. The number of rotatable bonds is 2. The van der Waals surface area contributed by atoms with E-state index in [1.54, 1.807) is 0 Å². The Hall–Kier alpha value is -1.02. The van der Waals surface area contributed by atoms with Gasteiger partial charge in [0.15, 0.2) is 0 Å². The molecule has 0 heterocycles. The normalized spacial score (nSPS) is 39.5. The predicted octanol–water partition coefficient (Wildman–Crippen LogP) is 3.57. The van der Waals surface area contributed by atoms with Crippen LogP contribution in [-0.2, 0) is 4.79 Å². The van der Waals surface area contributed by atoms with Crippen molar-refractivity contribution in [1.82, 2.24) is 0 Å². The third-order valence-electron chi connectivity index (χ3n) is 5.13. The second-order valence-electron chi connectivity index (χ2n) is 6.01. The van der Waals surface area contributed by atoms with E-state index < -0.39 is 0 Å². The largest absolute Gasteiger partial charge is 0.326 e. The van der Waals surface area contributed by atoms with Crippen LogP contribution in [0.2, 0.25) is 5.02 Å². The van der Waals surface area contributed by atoms with Crippen LogP contribution in [0.5, 0.6) is 0 Å². The Bertz CT molecular complexity index is 499. The van der Waals surface area contributed by atoms with Gasteiger partial charge < -0.3 is 5.32 Å². The Kier molecular flexibility index (Phi) is 2.25. The monoisotopic (exact) mass is 261 g/mol. The summed E-state index contributed by atoms with van der Waals surface area (Å²) >= 11 is 5.92. The highest BCUT2D eigenvalue weighted by atomic mass is 35.5. The van der Waals surface area contributed by atoms with Gasteiger partial charge in [0.05, 0.1) is 0 Å². The number of nitrogens with one attached hydrogen (secondary N) is 1. The Morgan fingerprint density at radius 1 is 1.22 bits per heavy atom. The van der Waals surface area contributed by atoms with Gasteiger partial charge in [0, 0.05) is 16.6 Å². The quantitative estimate of drug-likeness (QED) is 0.866. The van der Waals surface area contributed by atoms with E-state index in [-0.39, 0.29) is 11.8 Å². The van der Waals surface area contributed by atoms with Crippen molar-refractivity contribution in [2.45, 2.75) is 19.3 Å². The summed E-state index contributed by atoms with van der Waals surface area (Å²) < 4.78 is 0. The van der Waals surface area contributed by atoms with Crippen molar-refractivity contribution in [3.8, 4) is 0 Å². The molecule has 3 aliphatic carbocycles. The molecule has 3 heteroatoms. The number of carbonyl (C=O) groups is 1. The van der Waals surface area contributed by atoms with E-state index in [9.17, 15) is 4.79 Å². The van der Waals surface area contributed by atoms with Crippen LogP contribution in [0.1, 0.15) is 19.3 Å². The summed E-state index contributed by atoms with van der Waals surface area (Å²) in [6.45, 7) is 0. The molecule has 94 valence electrons. The zero-order valence-electron chi connectivity index (χ0n) is 10.1. The van der Waals surface area contributed by atoms with Crippen LogP contribution in [0.25, 0.3) is 0 Å². The van der Waals surface area contributed by atoms with Crippen molar-refractivity contribution in [3.05, 3.63) is 29.3 Å². The summed E-state index contributed by atoms with van der Waals surface area (Å²) in [6, 6.07) is 7.40. The van der Waals surface area contributed by atoms with E-state index in [2.05, 4.69) is 5.32 Å². The fourth-order valence-corrected chi connectivity index (χ4v) is 4.66. The number of benzene rings is 1. The van der Waals surface area contributed by atoms with Gasteiger partial charge in [-0.1, -0.05) is 17.7 Å². The van der Waals surface area contributed by atoms with Crippen molar-refractivity contribution in [3.63, 3.8) is 0 Å². The van der Waals surface area contributed by atoms with Crippen LogP contribution in [0, 0.1) is 29.6 Å². The van der Waals surface area contributed by atoms with Crippen LogP contribution in [-0.4, -0.2) is 5.91 Å². The third-order valence-corrected chi connectivity index (χ3v) is 5.37. The molecule has 0 spiro atoms. The molecule has 3 fully saturated rings. The molecule has 3 aliphatic rings. The number of hydrogen-bond acceptors (Lipinski definition) is 1. The molecular weight excluding hydrogens is 246 g/mol. The van der Waals surface area contributed by atoms with Gasteiger partial charge in [-0.15, -0.1) is 0 Å². The molecule has 2 bridgehead atoms. The van der Waals surface area contributed by atoms with Gasteiger partial charge in [-0.25, -0.2) is 0 Å². The molecule has 0 radical (unpaired) electrons. The number of amides is 1. The third kappa shape index (κ3) is 1.51. The van der Waals surface area contributed by atoms with Crippen LogP contribution in [0.3, 0.4) is 0 Å². The first kappa shape index (κ1) is 10.9. The van der Waals surface area contributed by atoms with Crippen molar-refractivity contribution in [2.24, 2.45) is 29.6 Å². The Morgan fingerprint density at radius 3 is 2.61 bits per heavy atom. The molecule has 18 heavy (non-hydrogen) atoms. The molecule has 5 atom stereocenters. The number of fused-ring (bicyclic) bond motifs is 5. The maximum absolute atomic E-state index is 12.3. The standard InChI is InChI=1S/C15H16ClNO/c16-10-2-1-3-11(7-10)17-15(18)14-12-8-4-5-9(6-8)13(12)14/h1-3,7-9,12-14H,4-6H2,(H,17,18)/t8-,9-,12-,13+,14?/m0/s1. The molecule has 0 aliphatic heterocycles. The summed E-state index contributed by atoms with van der Waals surface area (Å²) in [5.41, 5.74) is 0.824. The van der Waals surface area contributed by atoms with Crippen LogP contribution < -0.4 is 5.32 Å². The first-order chi connectivity index (χ1) is 8.74. The lowest BCUT2D eigenvalue weighted by Crippen LogP contribution is -2.18. The summed E-state index contributed by atoms with van der Waals surface area (Å²) in [6.07, 6.45) is 4.09. The number of hydrogen-bond donors (Lipinski definition) is 1. The Labute approximate surface area is 112 Å². The fourth-order valence-electron chi connectivity index (χ4n) is 4.47. The highest BCUT2D eigenvalue weighted by Gasteiger charge is 2.67. The lowest BCUT2D eigenvalue weighted by molar-refractivity contribution is -0.118. The van der Waals surface area contributed by atoms with Gasteiger partial charge in [0.25, 0.3) is 0 Å². The minimum atomic E-state index is 0.212. The van der Waals surface area contributed by atoms with Crippen LogP contribution >= 0.6 is 11.6 Å². The molecule has 1 amide bonds. The van der Waals surface area contributed by atoms with Crippen molar-refractivity contribution in [1.29, 1.82) is 0 Å². The van der Waals surface area contributed by atoms with E-state index in [1.807, 2.05) is 24.3 Å². The summed E-state index contributed by atoms with van der Waals surface area (Å²) in [5.74, 6) is 3.58. The zero-order valence-corrected chi connectivity index (χ0v) is 10.9.